The summed E-state index contributed by atoms with van der Waals surface area (Å²) in [6, 6.07) is 7.35. The van der Waals surface area contributed by atoms with E-state index in [9.17, 15) is 14.4 Å². The fourth-order valence-electron chi connectivity index (χ4n) is 3.28. The van der Waals surface area contributed by atoms with Gasteiger partial charge in [0, 0.05) is 6.42 Å². The summed E-state index contributed by atoms with van der Waals surface area (Å²) in [4.78, 5) is 37.4. The lowest BCUT2D eigenvalue weighted by molar-refractivity contribution is -0.166. The smallest absolute Gasteiger partial charge is 0.325 e. The van der Waals surface area contributed by atoms with Crippen LogP contribution < -0.4 is 4.87 Å². The van der Waals surface area contributed by atoms with Gasteiger partial charge in [-0.15, -0.1) is 0 Å². The number of rotatable bonds is 6. The van der Waals surface area contributed by atoms with E-state index in [0.717, 1.165) is 22.5 Å². The summed E-state index contributed by atoms with van der Waals surface area (Å²) in [6.07, 6.45) is 1.28. The summed E-state index contributed by atoms with van der Waals surface area (Å²) in [5.74, 6) is -1.14. The van der Waals surface area contributed by atoms with E-state index in [1.54, 1.807) is 6.92 Å². The number of para-hydroxylation sites is 1. The maximum absolute atomic E-state index is 12.6. The van der Waals surface area contributed by atoms with Gasteiger partial charge in [0.05, 0.1) is 16.8 Å². The van der Waals surface area contributed by atoms with Crippen molar-refractivity contribution in [1.82, 2.24) is 4.57 Å². The molecule has 6 nitrogen and oxygen atoms in total. The number of carbonyl (C=O) groups is 2. The van der Waals surface area contributed by atoms with Crippen LogP contribution in [0, 0.1) is 5.41 Å². The van der Waals surface area contributed by atoms with Crippen LogP contribution in [0.4, 0.5) is 0 Å². The van der Waals surface area contributed by atoms with Gasteiger partial charge in [-0.05, 0) is 25.5 Å². The van der Waals surface area contributed by atoms with E-state index in [-0.39, 0.29) is 17.9 Å². The van der Waals surface area contributed by atoms with Crippen molar-refractivity contribution in [3.8, 4) is 0 Å². The topological polar surface area (TPSA) is 74.6 Å². The lowest BCUT2D eigenvalue weighted by atomic mass is 9.80. The van der Waals surface area contributed by atoms with E-state index in [4.69, 9.17) is 9.47 Å². The zero-order valence-electron chi connectivity index (χ0n) is 14.3. The Labute approximate surface area is 149 Å². The number of hydrogen-bond acceptors (Lipinski definition) is 6. The number of benzene rings is 1. The molecule has 0 saturated carbocycles. The van der Waals surface area contributed by atoms with Crippen molar-refractivity contribution in [2.75, 3.05) is 6.61 Å². The number of hydrogen-bond donors (Lipinski definition) is 0. The molecule has 2 aromatic rings. The first kappa shape index (κ1) is 17.7. The van der Waals surface area contributed by atoms with Gasteiger partial charge in [0.2, 0.25) is 0 Å². The first-order valence-corrected chi connectivity index (χ1v) is 9.33. The van der Waals surface area contributed by atoms with Gasteiger partial charge in [0.1, 0.15) is 0 Å². The Bertz CT molecular complexity index is 855. The number of aromatic nitrogens is 1. The Morgan fingerprint density at radius 3 is 2.84 bits per heavy atom. The van der Waals surface area contributed by atoms with Gasteiger partial charge < -0.3 is 9.47 Å². The predicted octanol–water partition coefficient (Wildman–Crippen LogP) is 3.25. The number of carbonyl (C=O) groups excluding carboxylic acids is 2. The molecule has 25 heavy (non-hydrogen) atoms. The summed E-state index contributed by atoms with van der Waals surface area (Å²) in [6.45, 7) is 3.90. The Morgan fingerprint density at radius 1 is 1.36 bits per heavy atom. The van der Waals surface area contributed by atoms with Gasteiger partial charge in [0.25, 0.3) is 0 Å². The summed E-state index contributed by atoms with van der Waals surface area (Å²) in [7, 11) is 0. The molecule has 0 radical (unpaired) electrons. The lowest BCUT2D eigenvalue weighted by Crippen LogP contribution is -2.37. The first-order chi connectivity index (χ1) is 12.0. The average Bonchev–Trinajstić information content (AvgIpc) is 3.10. The maximum atomic E-state index is 12.6. The van der Waals surface area contributed by atoms with E-state index in [0.29, 0.717) is 18.4 Å². The predicted molar refractivity (Wildman–Crippen MR) is 94.4 cm³/mol. The molecule has 1 aliphatic rings. The number of thiazole rings is 1. The van der Waals surface area contributed by atoms with Crippen molar-refractivity contribution in [3.05, 3.63) is 33.9 Å². The van der Waals surface area contributed by atoms with Crippen molar-refractivity contribution in [2.45, 2.75) is 45.8 Å². The molecule has 2 heterocycles. The summed E-state index contributed by atoms with van der Waals surface area (Å²) < 4.78 is 13.0. The van der Waals surface area contributed by atoms with Gasteiger partial charge >= 0.3 is 16.8 Å². The Hall–Kier alpha value is -2.15. The van der Waals surface area contributed by atoms with Gasteiger partial charge in [0.15, 0.2) is 11.6 Å². The second kappa shape index (κ2) is 7.00. The van der Waals surface area contributed by atoms with E-state index >= 15 is 0 Å². The third kappa shape index (κ3) is 2.97. The number of cyclic esters (lactones) is 1. The average molecular weight is 363 g/mol. The number of ether oxygens (including phenoxy) is 2. The van der Waals surface area contributed by atoms with E-state index < -0.39 is 23.6 Å². The second-order valence-corrected chi connectivity index (χ2v) is 7.17. The minimum absolute atomic E-state index is 0.130. The highest BCUT2D eigenvalue weighted by Gasteiger charge is 2.56. The highest BCUT2D eigenvalue weighted by atomic mass is 32.1. The minimum atomic E-state index is -1.32. The van der Waals surface area contributed by atoms with Crippen molar-refractivity contribution in [3.63, 3.8) is 0 Å². The normalized spacial score (nSPS) is 23.0. The van der Waals surface area contributed by atoms with Crippen LogP contribution in [-0.4, -0.2) is 23.1 Å². The molecule has 2 unspecified atom stereocenters. The van der Waals surface area contributed by atoms with Gasteiger partial charge in [-0.25, -0.2) is 0 Å². The molecule has 0 bridgehead atoms. The van der Waals surface area contributed by atoms with Crippen molar-refractivity contribution < 1.29 is 19.1 Å². The zero-order chi connectivity index (χ0) is 18.0. The van der Waals surface area contributed by atoms with Gasteiger partial charge in [-0.3, -0.25) is 19.0 Å². The van der Waals surface area contributed by atoms with E-state index in [1.165, 1.54) is 4.57 Å². The van der Waals surface area contributed by atoms with Gasteiger partial charge in [-0.2, -0.15) is 0 Å². The molecular weight excluding hydrogens is 342 g/mol. The molecule has 1 aromatic heterocycles. The molecule has 0 spiro atoms. The van der Waals surface area contributed by atoms with Crippen LogP contribution in [0.5, 0.6) is 0 Å². The fourth-order valence-corrected chi connectivity index (χ4v) is 4.20. The fraction of sp³-hybridized carbons (Fsp3) is 0.500. The zero-order valence-corrected chi connectivity index (χ0v) is 15.1. The molecule has 2 atom stereocenters. The quantitative estimate of drug-likeness (QED) is 0.582. The Kier molecular flexibility index (Phi) is 4.94. The van der Waals surface area contributed by atoms with Crippen LogP contribution in [0.3, 0.4) is 0 Å². The minimum Gasteiger partial charge on any atom is -0.465 e. The number of fused-ring (bicyclic) bond motifs is 1. The molecule has 0 N–H and O–H groups in total. The van der Waals surface area contributed by atoms with E-state index in [1.807, 2.05) is 31.2 Å². The molecule has 1 fully saturated rings. The monoisotopic (exact) mass is 363 g/mol. The van der Waals surface area contributed by atoms with Crippen LogP contribution in [0.1, 0.15) is 45.8 Å². The van der Waals surface area contributed by atoms with Crippen LogP contribution in [0.15, 0.2) is 29.1 Å². The summed E-state index contributed by atoms with van der Waals surface area (Å²) in [5.41, 5.74) is -0.607. The van der Waals surface area contributed by atoms with Crippen LogP contribution in [0.2, 0.25) is 0 Å². The Balaban J connectivity index is 2.00. The summed E-state index contributed by atoms with van der Waals surface area (Å²) in [5, 5.41) is 0. The molecule has 1 aromatic carbocycles. The number of unbranched alkanes of at least 4 members (excludes halogenated alkanes) is 1. The molecule has 134 valence electrons. The SMILES string of the molecule is CCCCC1(C(=O)OCC)CC(n2c(=O)sc3ccccc32)OC1=O. The number of esters is 2. The molecular formula is C18H21NO5S. The molecule has 0 aliphatic carbocycles. The second-order valence-electron chi connectivity index (χ2n) is 6.18. The molecule has 7 heteroatoms. The van der Waals surface area contributed by atoms with Crippen LogP contribution in [-0.2, 0) is 19.1 Å². The third-order valence-electron chi connectivity index (χ3n) is 4.59. The Morgan fingerprint density at radius 2 is 2.12 bits per heavy atom. The molecule has 1 saturated heterocycles. The standard InChI is InChI=1S/C18H21NO5S/c1-3-5-10-18(15(20)23-4-2)11-14(24-16(18)21)19-12-8-6-7-9-13(12)25-17(19)22/h6-9,14H,3-5,10-11H2,1-2H3. The third-order valence-corrected chi connectivity index (χ3v) is 5.52. The highest BCUT2D eigenvalue weighted by molar-refractivity contribution is 7.16. The van der Waals surface area contributed by atoms with Crippen molar-refractivity contribution in [2.24, 2.45) is 5.41 Å². The van der Waals surface area contributed by atoms with E-state index in [2.05, 4.69) is 0 Å². The largest absolute Gasteiger partial charge is 0.465 e. The first-order valence-electron chi connectivity index (χ1n) is 8.52. The molecule has 1 aliphatic heterocycles. The van der Waals surface area contributed by atoms with Gasteiger partial charge in [-0.1, -0.05) is 43.2 Å². The van der Waals surface area contributed by atoms with Crippen molar-refractivity contribution in [1.29, 1.82) is 0 Å². The van der Waals surface area contributed by atoms with Crippen LogP contribution >= 0.6 is 11.3 Å². The maximum Gasteiger partial charge on any atom is 0.325 e. The highest BCUT2D eigenvalue weighted by Crippen LogP contribution is 2.44. The van der Waals surface area contributed by atoms with Crippen LogP contribution in [0.25, 0.3) is 10.2 Å². The van der Waals surface area contributed by atoms with Crippen molar-refractivity contribution >= 4 is 33.5 Å². The molecule has 0 amide bonds. The number of nitrogens with zero attached hydrogens (tertiary/aromatic N) is 1. The summed E-state index contributed by atoms with van der Waals surface area (Å²) >= 11 is 1.10. The lowest BCUT2D eigenvalue weighted by Gasteiger charge is -2.22. The molecule has 3 rings (SSSR count).